The normalized spacial score (nSPS) is 20.2. The van der Waals surface area contributed by atoms with Gasteiger partial charge in [-0.05, 0) is 24.1 Å². The first kappa shape index (κ1) is 48.1. The van der Waals surface area contributed by atoms with Crippen LogP contribution >= 0.6 is 35.1 Å². The van der Waals surface area contributed by atoms with E-state index >= 15 is 0 Å². The summed E-state index contributed by atoms with van der Waals surface area (Å²) >= 11 is 5.69. The Morgan fingerprint density at radius 1 is 0.857 bits per heavy atom. The first-order chi connectivity index (χ1) is 26.5. The van der Waals surface area contributed by atoms with Gasteiger partial charge in [0, 0.05) is 12.6 Å². The van der Waals surface area contributed by atoms with Gasteiger partial charge >= 0.3 is 35.3 Å². The Kier molecular flexibility index (Phi) is 20.6. The van der Waals surface area contributed by atoms with Gasteiger partial charge in [0.1, 0.15) is 29.3 Å². The van der Waals surface area contributed by atoms with Crippen LogP contribution in [0.5, 0.6) is 5.75 Å². The number of H-pyrrole nitrogens is 1. The minimum absolute atomic E-state index is 0.0995. The van der Waals surface area contributed by atoms with Crippen LogP contribution in [-0.2, 0) is 47.4 Å². The summed E-state index contributed by atoms with van der Waals surface area (Å²) in [6, 6.07) is 5.36. The smallest absolute Gasteiger partial charge is 0.434 e. The lowest BCUT2D eigenvalue weighted by Crippen LogP contribution is -2.32. The fourth-order valence-corrected chi connectivity index (χ4v) is 9.21. The quantitative estimate of drug-likeness (QED) is 0.0285. The Bertz CT molecular complexity index is 1780. The third-order valence-electron chi connectivity index (χ3n) is 8.45. The number of halogens is 2. The molecule has 0 aliphatic carbocycles. The zero-order valence-electron chi connectivity index (χ0n) is 31.0. The molecule has 1 aromatic carbocycles. The van der Waals surface area contributed by atoms with Crippen molar-refractivity contribution in [1.29, 1.82) is 0 Å². The van der Waals surface area contributed by atoms with Crippen molar-refractivity contribution in [2.45, 2.75) is 128 Å². The van der Waals surface area contributed by atoms with Gasteiger partial charge in [-0.2, -0.15) is 8.62 Å². The fraction of sp³-hybridized carbons (Fsp3) is 0.667. The third kappa shape index (κ3) is 18.6. The molecule has 318 valence electrons. The van der Waals surface area contributed by atoms with Gasteiger partial charge in [-0.3, -0.25) is 23.4 Å². The molecule has 3 unspecified atom stereocenters. The zero-order chi connectivity index (χ0) is 41.2. The molecule has 0 saturated carbocycles. The van der Waals surface area contributed by atoms with Crippen LogP contribution < -0.4 is 16.0 Å². The van der Waals surface area contributed by atoms with E-state index in [9.17, 15) is 47.1 Å². The standard InChI is InChI=1S/C33H51ClFN2O16P3/c1-2-3-4-5-6-7-8-9-10-11-12-13-14-15-20-47-33(40)50-26-18-16-25(17-19-26)23-48-54(41,42)52-56(45,46)53-55(43,44)49-24-29-28(35)21-30(51-29)37-22-27(34)31(38)36-32(37)39/h16-19,22,28-30H,2-15,20-21,23-24H2,1H3,(H,41,42)(H,43,44)(H,45,46)(H,36,38,39)/t28-,29+,30+/m0/s1. The maximum absolute atomic E-state index is 14.5. The molecule has 3 rings (SSSR count). The Balaban J connectivity index is 1.30. The first-order valence-electron chi connectivity index (χ1n) is 18.4. The van der Waals surface area contributed by atoms with Gasteiger partial charge in [-0.1, -0.05) is 114 Å². The molecule has 4 N–H and O–H groups in total. The summed E-state index contributed by atoms with van der Waals surface area (Å²) in [4.78, 5) is 67.0. The maximum Gasteiger partial charge on any atom is 0.513 e. The SMILES string of the molecule is CCCCCCCCCCCCCCCCOC(=O)Oc1ccc(COP(=O)(O)OP(=O)(O)OP(=O)(O)OC[C@H]2O[C@@H](n3cc(Cl)c(=O)[nH]c3=O)C[C@@H]2F)cc1. The van der Waals surface area contributed by atoms with E-state index in [4.69, 9.17) is 25.8 Å². The minimum atomic E-state index is -5.84. The van der Waals surface area contributed by atoms with Crippen LogP contribution in [0.3, 0.4) is 0 Å². The van der Waals surface area contributed by atoms with Crippen molar-refractivity contribution >= 4 is 41.2 Å². The Morgan fingerprint density at radius 3 is 1.96 bits per heavy atom. The summed E-state index contributed by atoms with van der Waals surface area (Å²) in [7, 11) is -16.8. The van der Waals surface area contributed by atoms with E-state index in [2.05, 4.69) is 24.6 Å². The van der Waals surface area contributed by atoms with E-state index in [-0.39, 0.29) is 17.9 Å². The van der Waals surface area contributed by atoms with Crippen LogP contribution in [0.25, 0.3) is 0 Å². The highest BCUT2D eigenvalue weighted by Crippen LogP contribution is 2.68. The van der Waals surface area contributed by atoms with E-state index in [1.807, 2.05) is 4.98 Å². The van der Waals surface area contributed by atoms with Crippen molar-refractivity contribution in [1.82, 2.24) is 9.55 Å². The number of nitrogens with zero attached hydrogens (tertiary/aromatic N) is 1. The Labute approximate surface area is 328 Å². The molecule has 56 heavy (non-hydrogen) atoms. The molecule has 0 bridgehead atoms. The molecule has 18 nitrogen and oxygen atoms in total. The average molecular weight is 879 g/mol. The van der Waals surface area contributed by atoms with Crippen LogP contribution in [-0.4, -0.2) is 55.9 Å². The Morgan fingerprint density at radius 2 is 1.39 bits per heavy atom. The van der Waals surface area contributed by atoms with E-state index in [1.165, 1.54) is 88.5 Å². The number of carbonyl (C=O) groups excluding carboxylic acids is 1. The molecule has 23 heteroatoms. The van der Waals surface area contributed by atoms with Crippen molar-refractivity contribution in [3.8, 4) is 5.75 Å². The second-order valence-corrected chi connectivity index (χ2v) is 18.1. The van der Waals surface area contributed by atoms with Crippen molar-refractivity contribution in [2.24, 2.45) is 0 Å². The summed E-state index contributed by atoms with van der Waals surface area (Å²) in [6.45, 7) is 0.703. The summed E-state index contributed by atoms with van der Waals surface area (Å²) in [5.74, 6) is 0.0995. The third-order valence-corrected chi connectivity index (χ3v) is 12.9. The number of carbonyl (C=O) groups is 1. The van der Waals surface area contributed by atoms with Gasteiger partial charge in [0.2, 0.25) is 0 Å². The Hall–Kier alpha value is -2.24. The van der Waals surface area contributed by atoms with E-state index in [1.54, 1.807) is 0 Å². The van der Waals surface area contributed by atoms with Crippen molar-refractivity contribution in [3.63, 3.8) is 0 Å². The number of phosphoric ester groups is 2. The highest BCUT2D eigenvalue weighted by molar-refractivity contribution is 7.66. The molecule has 1 saturated heterocycles. The number of alkyl halides is 1. The minimum Gasteiger partial charge on any atom is -0.434 e. The van der Waals surface area contributed by atoms with Crippen LogP contribution in [0.15, 0.2) is 40.1 Å². The zero-order valence-corrected chi connectivity index (χ0v) is 34.5. The fourth-order valence-electron chi connectivity index (χ4n) is 5.56. The molecule has 1 aliphatic rings. The monoisotopic (exact) mass is 878 g/mol. The summed E-state index contributed by atoms with van der Waals surface area (Å²) in [5.41, 5.74) is -1.64. The number of unbranched alkanes of at least 4 members (excludes halogenated alkanes) is 13. The lowest BCUT2D eigenvalue weighted by molar-refractivity contribution is -0.0349. The number of hydrogen-bond acceptors (Lipinski definition) is 13. The number of phosphoric acid groups is 3. The molecule has 1 aliphatic heterocycles. The predicted molar refractivity (Wildman–Crippen MR) is 201 cm³/mol. The van der Waals surface area contributed by atoms with Gasteiger partial charge in [0.05, 0.1) is 19.8 Å². The average Bonchev–Trinajstić information content (AvgIpc) is 3.49. The highest BCUT2D eigenvalue weighted by Gasteiger charge is 2.44. The summed E-state index contributed by atoms with van der Waals surface area (Å²) in [6.07, 6.45) is 11.6. The lowest BCUT2D eigenvalue weighted by Gasteiger charge is -2.20. The van der Waals surface area contributed by atoms with Gasteiger partial charge in [-0.15, -0.1) is 0 Å². The van der Waals surface area contributed by atoms with Gasteiger partial charge in [-0.25, -0.2) is 27.7 Å². The molecule has 6 atom stereocenters. The van der Waals surface area contributed by atoms with Crippen LogP contribution in [0.4, 0.5) is 9.18 Å². The van der Waals surface area contributed by atoms with Gasteiger partial charge in [0.25, 0.3) is 5.56 Å². The van der Waals surface area contributed by atoms with Crippen LogP contribution in [0.2, 0.25) is 5.02 Å². The predicted octanol–water partition coefficient (Wildman–Crippen LogP) is 8.38. The molecular formula is C33H51ClFN2O16P3. The molecule has 0 amide bonds. The number of rotatable bonds is 27. The van der Waals surface area contributed by atoms with Crippen LogP contribution in [0, 0.1) is 0 Å². The summed E-state index contributed by atoms with van der Waals surface area (Å²) < 4.78 is 84.9. The van der Waals surface area contributed by atoms with Crippen molar-refractivity contribution in [3.05, 3.63) is 61.9 Å². The number of hydrogen-bond donors (Lipinski definition) is 4. The molecule has 2 heterocycles. The second kappa shape index (κ2) is 24.0. The highest BCUT2D eigenvalue weighted by atomic mass is 35.5. The van der Waals surface area contributed by atoms with Gasteiger partial charge < -0.3 is 28.9 Å². The van der Waals surface area contributed by atoms with E-state index in [0.717, 1.165) is 30.0 Å². The van der Waals surface area contributed by atoms with Crippen molar-refractivity contribution < 1.29 is 69.4 Å². The molecule has 1 aromatic heterocycles. The molecule has 0 radical (unpaired) electrons. The van der Waals surface area contributed by atoms with E-state index in [0.29, 0.717) is 6.42 Å². The molecule has 1 fully saturated rings. The topological polar surface area (TPSA) is 248 Å². The van der Waals surface area contributed by atoms with E-state index < -0.39 is 84.0 Å². The molecule has 2 aromatic rings. The molecule has 0 spiro atoms. The second-order valence-electron chi connectivity index (χ2n) is 13.1. The number of benzene rings is 1. The number of nitrogens with one attached hydrogen (secondary N) is 1. The first-order valence-corrected chi connectivity index (χ1v) is 23.3. The number of aromatic amines is 1. The van der Waals surface area contributed by atoms with Crippen molar-refractivity contribution in [2.75, 3.05) is 13.2 Å². The number of aromatic nitrogens is 2. The largest absolute Gasteiger partial charge is 0.513 e. The maximum atomic E-state index is 14.5. The number of ether oxygens (including phenoxy) is 3. The van der Waals surface area contributed by atoms with Crippen LogP contribution in [0.1, 0.15) is 115 Å². The molecular weight excluding hydrogens is 828 g/mol. The lowest BCUT2D eigenvalue weighted by atomic mass is 10.0. The summed E-state index contributed by atoms with van der Waals surface area (Å²) in [5, 5.41) is -0.396. The van der Waals surface area contributed by atoms with Gasteiger partial charge in [0.15, 0.2) is 0 Å².